The van der Waals surface area contributed by atoms with Crippen molar-refractivity contribution >= 4 is 0 Å². The molecule has 4 heteroatoms. The van der Waals surface area contributed by atoms with Crippen LogP contribution in [0.25, 0.3) is 0 Å². The van der Waals surface area contributed by atoms with E-state index in [1.54, 1.807) is 19.9 Å². The Labute approximate surface area is 93.9 Å². The highest BCUT2D eigenvalue weighted by molar-refractivity contribution is 5.40. The fourth-order valence-corrected chi connectivity index (χ4v) is 1.52. The zero-order chi connectivity index (χ0) is 12.3. The van der Waals surface area contributed by atoms with Gasteiger partial charge in [0, 0.05) is 11.0 Å². The summed E-state index contributed by atoms with van der Waals surface area (Å²) in [6.07, 6.45) is -2.55. The summed E-state index contributed by atoms with van der Waals surface area (Å²) in [5.74, 6) is 0.515. The lowest BCUT2D eigenvalue weighted by atomic mass is 9.82. The van der Waals surface area contributed by atoms with Crippen molar-refractivity contribution in [1.82, 2.24) is 0 Å². The average molecular weight is 230 g/mol. The van der Waals surface area contributed by atoms with Crippen molar-refractivity contribution in [3.8, 4) is 5.75 Å². The number of aliphatic hydroxyl groups excluding tert-OH is 1. The first-order valence-corrected chi connectivity index (χ1v) is 5.00. The molecule has 0 saturated carbocycles. The second-order valence-corrected chi connectivity index (χ2v) is 4.30. The maximum Gasteiger partial charge on any atom is 0.264 e. The molecule has 16 heavy (non-hydrogen) atoms. The summed E-state index contributed by atoms with van der Waals surface area (Å²) in [6, 6.07) is 4.40. The number of methoxy groups -OCH3 is 1. The molecule has 0 saturated heterocycles. The number of ether oxygens (including phenoxy) is 1. The third kappa shape index (κ3) is 2.50. The maximum atomic E-state index is 12.8. The molecule has 0 heterocycles. The molecular formula is C12H16F2O2. The molecule has 0 unspecified atom stereocenters. The lowest BCUT2D eigenvalue weighted by Gasteiger charge is -2.25. The van der Waals surface area contributed by atoms with Gasteiger partial charge in [-0.3, -0.25) is 0 Å². The first-order valence-electron chi connectivity index (χ1n) is 5.00. The number of hydrogen-bond acceptors (Lipinski definition) is 2. The number of aliphatic hydroxyl groups is 1. The molecule has 0 aliphatic carbocycles. The van der Waals surface area contributed by atoms with E-state index in [4.69, 9.17) is 4.74 Å². The normalized spacial score (nSPS) is 11.9. The Bertz CT molecular complexity index is 362. The Morgan fingerprint density at radius 2 is 2.00 bits per heavy atom. The van der Waals surface area contributed by atoms with E-state index >= 15 is 0 Å². The van der Waals surface area contributed by atoms with Gasteiger partial charge in [0.2, 0.25) is 0 Å². The predicted molar refractivity (Wildman–Crippen MR) is 58.1 cm³/mol. The molecule has 0 aliphatic heterocycles. The smallest absolute Gasteiger partial charge is 0.264 e. The number of halogens is 2. The summed E-state index contributed by atoms with van der Waals surface area (Å²) in [7, 11) is 1.48. The van der Waals surface area contributed by atoms with Crippen LogP contribution in [0.5, 0.6) is 5.75 Å². The van der Waals surface area contributed by atoms with Crippen LogP contribution in [-0.2, 0) is 5.41 Å². The van der Waals surface area contributed by atoms with Gasteiger partial charge >= 0.3 is 0 Å². The maximum absolute atomic E-state index is 12.8. The molecule has 1 aromatic carbocycles. The third-order valence-electron chi connectivity index (χ3n) is 2.62. The van der Waals surface area contributed by atoms with Gasteiger partial charge in [0.05, 0.1) is 13.7 Å². The average Bonchev–Trinajstić information content (AvgIpc) is 2.28. The highest BCUT2D eigenvalue weighted by atomic mass is 19.3. The molecule has 0 fully saturated rings. The lowest BCUT2D eigenvalue weighted by Crippen LogP contribution is -2.24. The summed E-state index contributed by atoms with van der Waals surface area (Å²) >= 11 is 0. The monoisotopic (exact) mass is 230 g/mol. The summed E-state index contributed by atoms with van der Waals surface area (Å²) in [5, 5.41) is 9.23. The van der Waals surface area contributed by atoms with Crippen LogP contribution in [0.1, 0.15) is 31.4 Å². The SMILES string of the molecule is COc1ccc(C(F)F)c(C(C)(C)CO)c1. The summed E-state index contributed by atoms with van der Waals surface area (Å²) < 4.78 is 30.6. The van der Waals surface area contributed by atoms with Gasteiger partial charge in [-0.25, -0.2) is 8.78 Å². The second kappa shape index (κ2) is 4.78. The van der Waals surface area contributed by atoms with Crippen molar-refractivity contribution < 1.29 is 18.6 Å². The molecule has 0 atom stereocenters. The van der Waals surface area contributed by atoms with Crippen LogP contribution in [0, 0.1) is 0 Å². The third-order valence-corrected chi connectivity index (χ3v) is 2.62. The van der Waals surface area contributed by atoms with E-state index in [1.807, 2.05) is 0 Å². The molecule has 0 aliphatic rings. The van der Waals surface area contributed by atoms with Crippen LogP contribution in [-0.4, -0.2) is 18.8 Å². The number of alkyl halides is 2. The zero-order valence-electron chi connectivity index (χ0n) is 9.63. The summed E-state index contributed by atoms with van der Waals surface area (Å²) in [4.78, 5) is 0. The molecule has 0 amide bonds. The number of hydrogen-bond donors (Lipinski definition) is 1. The van der Waals surface area contributed by atoms with Gasteiger partial charge in [0.25, 0.3) is 6.43 Å². The van der Waals surface area contributed by atoms with Gasteiger partial charge in [0.1, 0.15) is 5.75 Å². The van der Waals surface area contributed by atoms with Crippen LogP contribution in [0.2, 0.25) is 0 Å². The molecule has 90 valence electrons. The molecule has 2 nitrogen and oxygen atoms in total. The zero-order valence-corrected chi connectivity index (χ0v) is 9.63. The molecule has 0 aromatic heterocycles. The minimum Gasteiger partial charge on any atom is -0.497 e. The van der Waals surface area contributed by atoms with Crippen LogP contribution in [0.4, 0.5) is 8.78 Å². The Hall–Kier alpha value is -1.16. The fourth-order valence-electron chi connectivity index (χ4n) is 1.52. The lowest BCUT2D eigenvalue weighted by molar-refractivity contribution is 0.145. The van der Waals surface area contributed by atoms with Gasteiger partial charge in [-0.15, -0.1) is 0 Å². The standard InChI is InChI=1S/C12H16F2O2/c1-12(2,7-15)10-6-8(16-3)4-5-9(10)11(13)14/h4-6,11,15H,7H2,1-3H3. The first kappa shape index (κ1) is 12.9. The Morgan fingerprint density at radius 3 is 2.44 bits per heavy atom. The summed E-state index contributed by atoms with van der Waals surface area (Å²) in [5.41, 5.74) is -0.343. The Morgan fingerprint density at radius 1 is 1.38 bits per heavy atom. The van der Waals surface area contributed by atoms with E-state index < -0.39 is 11.8 Å². The molecule has 0 bridgehead atoms. The van der Waals surface area contributed by atoms with Crippen molar-refractivity contribution in [1.29, 1.82) is 0 Å². The van der Waals surface area contributed by atoms with Gasteiger partial charge < -0.3 is 9.84 Å². The van der Waals surface area contributed by atoms with E-state index in [1.165, 1.54) is 19.2 Å². The van der Waals surface area contributed by atoms with Crippen LogP contribution < -0.4 is 4.74 Å². The van der Waals surface area contributed by atoms with E-state index in [0.717, 1.165) is 0 Å². The molecule has 0 radical (unpaired) electrons. The van der Waals surface area contributed by atoms with Gasteiger partial charge in [-0.05, 0) is 23.8 Å². The van der Waals surface area contributed by atoms with Gasteiger partial charge in [-0.2, -0.15) is 0 Å². The van der Waals surface area contributed by atoms with Gasteiger partial charge in [-0.1, -0.05) is 13.8 Å². The Kier molecular flexibility index (Phi) is 3.86. The van der Waals surface area contributed by atoms with E-state index in [2.05, 4.69) is 0 Å². The minimum atomic E-state index is -2.55. The van der Waals surface area contributed by atoms with E-state index in [-0.39, 0.29) is 12.2 Å². The van der Waals surface area contributed by atoms with Crippen LogP contribution in [0.15, 0.2) is 18.2 Å². The molecule has 0 spiro atoms. The quantitative estimate of drug-likeness (QED) is 0.861. The van der Waals surface area contributed by atoms with Crippen molar-refractivity contribution in [2.75, 3.05) is 13.7 Å². The Balaban J connectivity index is 3.31. The van der Waals surface area contributed by atoms with E-state index in [0.29, 0.717) is 11.3 Å². The number of rotatable bonds is 4. The van der Waals surface area contributed by atoms with Crippen molar-refractivity contribution in [2.45, 2.75) is 25.7 Å². The fraction of sp³-hybridized carbons (Fsp3) is 0.500. The van der Waals surface area contributed by atoms with Crippen molar-refractivity contribution in [3.63, 3.8) is 0 Å². The minimum absolute atomic E-state index is 0.0557. The summed E-state index contributed by atoms with van der Waals surface area (Å²) in [6.45, 7) is 3.24. The first-order chi connectivity index (χ1) is 7.42. The highest BCUT2D eigenvalue weighted by Gasteiger charge is 2.26. The predicted octanol–water partition coefficient (Wildman–Crippen LogP) is 2.90. The molecule has 1 aromatic rings. The van der Waals surface area contributed by atoms with E-state index in [9.17, 15) is 13.9 Å². The molecule has 1 rings (SSSR count). The van der Waals surface area contributed by atoms with Crippen LogP contribution >= 0.6 is 0 Å². The van der Waals surface area contributed by atoms with Gasteiger partial charge in [0.15, 0.2) is 0 Å². The molecule has 1 N–H and O–H groups in total. The topological polar surface area (TPSA) is 29.5 Å². The largest absolute Gasteiger partial charge is 0.497 e. The highest BCUT2D eigenvalue weighted by Crippen LogP contribution is 2.34. The number of benzene rings is 1. The molecular weight excluding hydrogens is 214 g/mol. The van der Waals surface area contributed by atoms with Crippen molar-refractivity contribution in [3.05, 3.63) is 29.3 Å². The second-order valence-electron chi connectivity index (χ2n) is 4.30. The van der Waals surface area contributed by atoms with Crippen molar-refractivity contribution in [2.24, 2.45) is 0 Å². The van der Waals surface area contributed by atoms with Crippen LogP contribution in [0.3, 0.4) is 0 Å².